The average Bonchev–Trinajstić information content (AvgIpc) is 3.17. The van der Waals surface area contributed by atoms with Gasteiger partial charge in [0.25, 0.3) is 5.89 Å². The van der Waals surface area contributed by atoms with E-state index in [0.29, 0.717) is 11.7 Å². The van der Waals surface area contributed by atoms with E-state index >= 15 is 0 Å². The van der Waals surface area contributed by atoms with Gasteiger partial charge in [0.2, 0.25) is 5.91 Å². The number of amides is 1. The summed E-state index contributed by atoms with van der Waals surface area (Å²) in [5.74, 6) is 1.22. The topological polar surface area (TPSA) is 94.0 Å². The lowest BCUT2D eigenvalue weighted by molar-refractivity contribution is -0.113. The van der Waals surface area contributed by atoms with E-state index in [1.54, 1.807) is 0 Å². The van der Waals surface area contributed by atoms with Crippen molar-refractivity contribution in [3.8, 4) is 11.5 Å². The van der Waals surface area contributed by atoms with Crippen LogP contribution in [0.15, 0.2) is 57.9 Å². The number of benzene rings is 2. The molecule has 2 aromatic carbocycles. The van der Waals surface area contributed by atoms with E-state index in [2.05, 4.69) is 15.5 Å². The molecule has 1 aliphatic carbocycles. The average molecular weight is 431 g/mol. The molecular weight excluding hydrogens is 408 g/mol. The Labute approximate surface area is 180 Å². The van der Waals surface area contributed by atoms with Crippen molar-refractivity contribution < 1.29 is 9.32 Å². The fraction of sp³-hybridized carbons (Fsp3) is 0.286. The van der Waals surface area contributed by atoms with E-state index in [4.69, 9.17) is 10.3 Å². The van der Waals surface area contributed by atoms with Crippen molar-refractivity contribution in [2.45, 2.75) is 36.6 Å². The molecule has 4 rings (SSSR count). The lowest BCUT2D eigenvalue weighted by atomic mass is 9.77. The van der Waals surface area contributed by atoms with Gasteiger partial charge in [-0.15, -0.1) is 24.2 Å². The molecule has 1 aliphatic rings. The fourth-order valence-electron chi connectivity index (χ4n) is 3.06. The first-order chi connectivity index (χ1) is 13.5. The molecular formula is C21H23ClN4O2S. The molecule has 0 radical (unpaired) electrons. The molecule has 0 bridgehead atoms. The Morgan fingerprint density at radius 3 is 2.62 bits per heavy atom. The third-order valence-electron chi connectivity index (χ3n) is 4.93. The summed E-state index contributed by atoms with van der Waals surface area (Å²) in [5, 5.41) is 7.00. The van der Waals surface area contributed by atoms with Gasteiger partial charge in [-0.3, -0.25) is 4.79 Å². The number of anilines is 1. The zero-order chi connectivity index (χ0) is 19.6. The summed E-state index contributed by atoms with van der Waals surface area (Å²) in [6.07, 6.45) is 2.84. The highest BCUT2D eigenvalue weighted by atomic mass is 35.5. The van der Waals surface area contributed by atoms with Gasteiger partial charge >= 0.3 is 0 Å². The summed E-state index contributed by atoms with van der Waals surface area (Å²) < 4.78 is 5.47. The molecule has 6 nitrogen and oxygen atoms in total. The quantitative estimate of drug-likeness (QED) is 0.557. The molecule has 0 spiro atoms. The fourth-order valence-corrected chi connectivity index (χ4v) is 3.91. The predicted octanol–water partition coefficient (Wildman–Crippen LogP) is 4.54. The second kappa shape index (κ2) is 8.98. The molecule has 8 heteroatoms. The van der Waals surface area contributed by atoms with E-state index in [-0.39, 0.29) is 24.1 Å². The minimum atomic E-state index is -0.461. The number of nitrogens with two attached hydrogens (primary N) is 1. The molecule has 0 aliphatic heterocycles. The first-order valence-corrected chi connectivity index (χ1v) is 10.2. The Kier molecular flexibility index (Phi) is 6.62. The van der Waals surface area contributed by atoms with Crippen molar-refractivity contribution >= 4 is 35.8 Å². The van der Waals surface area contributed by atoms with E-state index in [1.165, 1.54) is 11.8 Å². The van der Waals surface area contributed by atoms with Gasteiger partial charge in [0.1, 0.15) is 0 Å². The Morgan fingerprint density at radius 2 is 1.93 bits per heavy atom. The van der Waals surface area contributed by atoms with E-state index < -0.39 is 5.54 Å². The van der Waals surface area contributed by atoms with Crippen molar-refractivity contribution in [2.75, 3.05) is 11.1 Å². The number of hydrogen-bond acceptors (Lipinski definition) is 6. The maximum absolute atomic E-state index is 12.3. The van der Waals surface area contributed by atoms with Crippen LogP contribution in [0.4, 0.5) is 5.69 Å². The van der Waals surface area contributed by atoms with Crippen LogP contribution >= 0.6 is 24.2 Å². The number of hydrogen-bond donors (Lipinski definition) is 2. The van der Waals surface area contributed by atoms with Crippen LogP contribution in [0.1, 0.15) is 30.7 Å². The van der Waals surface area contributed by atoms with Crippen LogP contribution in [0.5, 0.6) is 0 Å². The van der Waals surface area contributed by atoms with E-state index in [9.17, 15) is 4.79 Å². The second-order valence-corrected chi connectivity index (χ2v) is 8.15. The molecule has 1 saturated carbocycles. The van der Waals surface area contributed by atoms with Crippen molar-refractivity contribution in [1.82, 2.24) is 10.1 Å². The molecule has 0 unspecified atom stereocenters. The van der Waals surface area contributed by atoms with Gasteiger partial charge in [0.05, 0.1) is 16.9 Å². The highest BCUT2D eigenvalue weighted by Gasteiger charge is 2.39. The van der Waals surface area contributed by atoms with Crippen LogP contribution in [-0.2, 0) is 10.3 Å². The van der Waals surface area contributed by atoms with Crippen LogP contribution < -0.4 is 11.1 Å². The molecule has 152 valence electrons. The molecule has 1 amide bonds. The predicted molar refractivity (Wildman–Crippen MR) is 117 cm³/mol. The standard InChI is InChI=1S/C21H22N4O2S.ClH/c1-14-7-9-15(10-8-14)23-18(26)13-28-17-6-3-2-5-16(17)19-24-20(25-27-19)21(22)11-4-12-21;/h2-3,5-10H,4,11-13,22H2,1H3,(H,23,26);1H. The van der Waals surface area contributed by atoms with Gasteiger partial charge in [-0.05, 0) is 50.5 Å². The number of rotatable bonds is 6. The van der Waals surface area contributed by atoms with Gasteiger partial charge in [0, 0.05) is 10.6 Å². The van der Waals surface area contributed by atoms with Crippen LogP contribution in [0, 0.1) is 6.92 Å². The Bertz CT molecular complexity index is 986. The van der Waals surface area contributed by atoms with Crippen LogP contribution in [0.2, 0.25) is 0 Å². The summed E-state index contributed by atoms with van der Waals surface area (Å²) in [6, 6.07) is 15.4. The van der Waals surface area contributed by atoms with Crippen molar-refractivity contribution in [2.24, 2.45) is 5.73 Å². The van der Waals surface area contributed by atoms with Gasteiger partial charge in [-0.1, -0.05) is 35.0 Å². The Hall–Kier alpha value is -2.35. The third-order valence-corrected chi connectivity index (χ3v) is 6.00. The molecule has 1 fully saturated rings. The van der Waals surface area contributed by atoms with Crippen molar-refractivity contribution in [1.29, 1.82) is 0 Å². The van der Waals surface area contributed by atoms with Gasteiger partial charge < -0.3 is 15.6 Å². The van der Waals surface area contributed by atoms with E-state index in [0.717, 1.165) is 41.0 Å². The lowest BCUT2D eigenvalue weighted by Crippen LogP contribution is -2.44. The number of nitrogens with zero attached hydrogens (tertiary/aromatic N) is 2. The maximum atomic E-state index is 12.3. The summed E-state index contributed by atoms with van der Waals surface area (Å²) in [5.41, 5.74) is 8.59. The molecule has 0 saturated heterocycles. The van der Waals surface area contributed by atoms with Crippen LogP contribution in [0.3, 0.4) is 0 Å². The number of thioether (sulfide) groups is 1. The maximum Gasteiger partial charge on any atom is 0.259 e. The zero-order valence-corrected chi connectivity index (χ0v) is 17.7. The first kappa shape index (κ1) is 21.4. The molecule has 29 heavy (non-hydrogen) atoms. The normalized spacial score (nSPS) is 14.6. The highest BCUT2D eigenvalue weighted by molar-refractivity contribution is 8.00. The third kappa shape index (κ3) is 4.80. The molecule has 1 heterocycles. The van der Waals surface area contributed by atoms with Crippen molar-refractivity contribution in [3.05, 3.63) is 59.9 Å². The SMILES string of the molecule is Cc1ccc(NC(=O)CSc2ccccc2-c2nc(C3(N)CCC3)no2)cc1.Cl. The number of halogens is 1. The Morgan fingerprint density at radius 1 is 1.21 bits per heavy atom. The lowest BCUT2D eigenvalue weighted by Gasteiger charge is -2.34. The van der Waals surface area contributed by atoms with Crippen LogP contribution in [-0.4, -0.2) is 21.8 Å². The number of carbonyl (C=O) groups excluding carboxylic acids is 1. The number of aryl methyl sites for hydroxylation is 1. The Balaban J connectivity index is 0.00000240. The summed E-state index contributed by atoms with van der Waals surface area (Å²) in [6.45, 7) is 2.01. The van der Waals surface area contributed by atoms with E-state index in [1.807, 2.05) is 55.5 Å². The minimum absolute atomic E-state index is 0. The van der Waals surface area contributed by atoms with Crippen molar-refractivity contribution in [3.63, 3.8) is 0 Å². The molecule has 1 aromatic heterocycles. The van der Waals surface area contributed by atoms with Gasteiger partial charge in [-0.2, -0.15) is 4.98 Å². The minimum Gasteiger partial charge on any atom is -0.334 e. The monoisotopic (exact) mass is 430 g/mol. The number of aromatic nitrogens is 2. The molecule has 3 N–H and O–H groups in total. The second-order valence-electron chi connectivity index (χ2n) is 7.13. The first-order valence-electron chi connectivity index (χ1n) is 9.25. The summed E-state index contributed by atoms with van der Waals surface area (Å²) in [4.78, 5) is 17.7. The highest BCUT2D eigenvalue weighted by Crippen LogP contribution is 2.38. The smallest absolute Gasteiger partial charge is 0.259 e. The molecule has 3 aromatic rings. The summed E-state index contributed by atoms with van der Waals surface area (Å²) >= 11 is 1.44. The van der Waals surface area contributed by atoms with Gasteiger partial charge in [0.15, 0.2) is 5.82 Å². The van der Waals surface area contributed by atoms with Gasteiger partial charge in [-0.25, -0.2) is 0 Å². The largest absolute Gasteiger partial charge is 0.334 e. The summed E-state index contributed by atoms with van der Waals surface area (Å²) in [7, 11) is 0. The van der Waals surface area contributed by atoms with Crippen LogP contribution in [0.25, 0.3) is 11.5 Å². The number of nitrogens with one attached hydrogen (secondary N) is 1. The zero-order valence-electron chi connectivity index (χ0n) is 16.1. The number of carbonyl (C=O) groups is 1. The molecule has 0 atom stereocenters.